The highest BCUT2D eigenvalue weighted by Gasteiger charge is 1.95. The average molecular weight is 177 g/mol. The van der Waals surface area contributed by atoms with E-state index in [9.17, 15) is 0 Å². The minimum atomic E-state index is 0.725. The predicted octanol–water partition coefficient (Wildman–Crippen LogP) is 2.00. The third-order valence-corrected chi connectivity index (χ3v) is 2.09. The minimum absolute atomic E-state index is 0.725. The van der Waals surface area contributed by atoms with Crippen molar-refractivity contribution in [1.82, 2.24) is 15.0 Å². The van der Waals surface area contributed by atoms with Gasteiger partial charge in [0.2, 0.25) is 0 Å². The average Bonchev–Trinajstić information content (AvgIpc) is 2.07. The first-order valence-electron chi connectivity index (χ1n) is 3.58. The Kier molecular flexibility index (Phi) is 1.62. The molecule has 0 radical (unpaired) electrons. The maximum absolute atomic E-state index is 5.06. The van der Waals surface area contributed by atoms with Crippen molar-refractivity contribution >= 4 is 23.4 Å². The van der Waals surface area contributed by atoms with Crippen LogP contribution >= 0.6 is 12.2 Å². The standard InChI is InChI=1S/C8H7N3S/c1-5-4-6-7(11-8(5)12)10-3-2-9-6/h2-4H,1H3,(H,10,11,12). The Morgan fingerprint density at radius 2 is 2.08 bits per heavy atom. The van der Waals surface area contributed by atoms with E-state index < -0.39 is 0 Å². The molecule has 0 spiro atoms. The van der Waals surface area contributed by atoms with Gasteiger partial charge in [0, 0.05) is 12.4 Å². The smallest absolute Gasteiger partial charge is 0.157 e. The number of rotatable bonds is 0. The monoisotopic (exact) mass is 177 g/mol. The molecule has 0 bridgehead atoms. The zero-order valence-corrected chi connectivity index (χ0v) is 7.35. The van der Waals surface area contributed by atoms with Crippen molar-refractivity contribution in [3.05, 3.63) is 28.7 Å². The third-order valence-electron chi connectivity index (χ3n) is 1.67. The number of nitrogens with one attached hydrogen (secondary N) is 1. The fourth-order valence-electron chi connectivity index (χ4n) is 1.03. The lowest BCUT2D eigenvalue weighted by Gasteiger charge is -1.96. The van der Waals surface area contributed by atoms with Crippen molar-refractivity contribution in [3.63, 3.8) is 0 Å². The van der Waals surface area contributed by atoms with Gasteiger partial charge < -0.3 is 4.98 Å². The van der Waals surface area contributed by atoms with Crippen LogP contribution in [0.15, 0.2) is 18.5 Å². The van der Waals surface area contributed by atoms with Crippen LogP contribution in [0.1, 0.15) is 5.56 Å². The Bertz CT molecular complexity index is 475. The second-order valence-electron chi connectivity index (χ2n) is 2.57. The second-order valence-corrected chi connectivity index (χ2v) is 2.98. The van der Waals surface area contributed by atoms with Gasteiger partial charge in [0.25, 0.3) is 0 Å². The van der Waals surface area contributed by atoms with Crippen molar-refractivity contribution < 1.29 is 0 Å². The molecule has 0 unspecified atom stereocenters. The maximum Gasteiger partial charge on any atom is 0.157 e. The van der Waals surface area contributed by atoms with E-state index in [1.165, 1.54) is 0 Å². The normalized spacial score (nSPS) is 10.4. The van der Waals surface area contributed by atoms with Gasteiger partial charge in [-0.1, -0.05) is 12.2 Å². The number of fused-ring (bicyclic) bond motifs is 1. The lowest BCUT2D eigenvalue weighted by atomic mass is 10.3. The van der Waals surface area contributed by atoms with Gasteiger partial charge in [0.05, 0.1) is 0 Å². The number of aromatic nitrogens is 3. The summed E-state index contributed by atoms with van der Waals surface area (Å²) in [5, 5.41) is 0. The van der Waals surface area contributed by atoms with Crippen LogP contribution in [-0.4, -0.2) is 15.0 Å². The van der Waals surface area contributed by atoms with E-state index in [1.807, 2.05) is 13.0 Å². The van der Waals surface area contributed by atoms with Crippen molar-refractivity contribution in [2.24, 2.45) is 0 Å². The maximum atomic E-state index is 5.06. The number of H-pyrrole nitrogens is 1. The number of hydrogen-bond donors (Lipinski definition) is 1. The molecule has 0 saturated heterocycles. The van der Waals surface area contributed by atoms with Gasteiger partial charge in [-0.15, -0.1) is 0 Å². The van der Waals surface area contributed by atoms with Gasteiger partial charge in [-0.3, -0.25) is 4.98 Å². The molecule has 2 aromatic heterocycles. The molecule has 2 heterocycles. The van der Waals surface area contributed by atoms with Crippen LogP contribution < -0.4 is 0 Å². The lowest BCUT2D eigenvalue weighted by molar-refractivity contribution is 1.19. The first-order chi connectivity index (χ1) is 5.77. The van der Waals surface area contributed by atoms with Crippen molar-refractivity contribution in [1.29, 1.82) is 0 Å². The number of hydrogen-bond acceptors (Lipinski definition) is 3. The van der Waals surface area contributed by atoms with E-state index in [0.717, 1.165) is 21.4 Å². The SMILES string of the molecule is Cc1cc2nccnc2[nH]c1=S. The molecule has 0 aliphatic carbocycles. The topological polar surface area (TPSA) is 41.6 Å². The molecule has 0 aliphatic rings. The molecule has 2 aromatic rings. The summed E-state index contributed by atoms with van der Waals surface area (Å²) in [6.45, 7) is 1.95. The summed E-state index contributed by atoms with van der Waals surface area (Å²) in [5.74, 6) is 0. The number of aromatic amines is 1. The molecular formula is C8H7N3S. The lowest BCUT2D eigenvalue weighted by Crippen LogP contribution is -1.88. The van der Waals surface area contributed by atoms with Gasteiger partial charge in [-0.2, -0.15) is 0 Å². The number of pyridine rings is 1. The summed E-state index contributed by atoms with van der Waals surface area (Å²) in [7, 11) is 0. The van der Waals surface area contributed by atoms with Gasteiger partial charge >= 0.3 is 0 Å². The molecule has 60 valence electrons. The van der Waals surface area contributed by atoms with Gasteiger partial charge in [0.15, 0.2) is 5.65 Å². The molecule has 0 aromatic carbocycles. The highest BCUT2D eigenvalue weighted by atomic mass is 32.1. The largest absolute Gasteiger partial charge is 0.329 e. The fourth-order valence-corrected chi connectivity index (χ4v) is 1.18. The summed E-state index contributed by atoms with van der Waals surface area (Å²) in [4.78, 5) is 11.2. The zero-order chi connectivity index (χ0) is 8.55. The van der Waals surface area contributed by atoms with E-state index in [-0.39, 0.29) is 0 Å². The molecule has 0 fully saturated rings. The summed E-state index contributed by atoms with van der Waals surface area (Å²) >= 11 is 5.06. The van der Waals surface area contributed by atoms with Gasteiger partial charge in [-0.05, 0) is 18.6 Å². The molecule has 0 aliphatic heterocycles. The van der Waals surface area contributed by atoms with E-state index in [1.54, 1.807) is 12.4 Å². The Hall–Kier alpha value is -1.29. The van der Waals surface area contributed by atoms with Crippen LogP contribution in [-0.2, 0) is 0 Å². The predicted molar refractivity (Wildman–Crippen MR) is 49.5 cm³/mol. The Morgan fingerprint density at radius 3 is 2.92 bits per heavy atom. The quantitative estimate of drug-likeness (QED) is 0.626. The molecule has 0 amide bonds. The van der Waals surface area contributed by atoms with Crippen LogP contribution in [0, 0.1) is 11.6 Å². The van der Waals surface area contributed by atoms with Gasteiger partial charge in [0.1, 0.15) is 10.2 Å². The zero-order valence-electron chi connectivity index (χ0n) is 6.53. The van der Waals surface area contributed by atoms with Crippen LogP contribution in [0.2, 0.25) is 0 Å². The first kappa shape index (κ1) is 7.36. The Labute approximate surface area is 74.5 Å². The highest BCUT2D eigenvalue weighted by molar-refractivity contribution is 7.71. The number of aryl methyl sites for hydroxylation is 1. The highest BCUT2D eigenvalue weighted by Crippen LogP contribution is 2.07. The van der Waals surface area contributed by atoms with Crippen molar-refractivity contribution in [2.45, 2.75) is 6.92 Å². The van der Waals surface area contributed by atoms with Crippen molar-refractivity contribution in [2.75, 3.05) is 0 Å². The van der Waals surface area contributed by atoms with Crippen LogP contribution in [0.4, 0.5) is 0 Å². The number of nitrogens with zero attached hydrogens (tertiary/aromatic N) is 2. The van der Waals surface area contributed by atoms with E-state index in [2.05, 4.69) is 15.0 Å². The molecule has 3 nitrogen and oxygen atoms in total. The van der Waals surface area contributed by atoms with Gasteiger partial charge in [-0.25, -0.2) is 4.98 Å². The third kappa shape index (κ3) is 1.10. The molecule has 2 rings (SSSR count). The summed E-state index contributed by atoms with van der Waals surface area (Å²) in [6.07, 6.45) is 3.31. The minimum Gasteiger partial charge on any atom is -0.329 e. The van der Waals surface area contributed by atoms with E-state index >= 15 is 0 Å². The molecule has 0 saturated carbocycles. The fraction of sp³-hybridized carbons (Fsp3) is 0.125. The Balaban J connectivity index is 2.93. The molecule has 12 heavy (non-hydrogen) atoms. The van der Waals surface area contributed by atoms with E-state index in [4.69, 9.17) is 12.2 Å². The molecule has 4 heteroatoms. The first-order valence-corrected chi connectivity index (χ1v) is 3.99. The summed E-state index contributed by atoms with van der Waals surface area (Å²) in [5.41, 5.74) is 2.62. The molecular weight excluding hydrogens is 170 g/mol. The Morgan fingerprint density at radius 1 is 1.33 bits per heavy atom. The molecule has 0 atom stereocenters. The van der Waals surface area contributed by atoms with Crippen molar-refractivity contribution in [3.8, 4) is 0 Å². The van der Waals surface area contributed by atoms with Crippen LogP contribution in [0.25, 0.3) is 11.2 Å². The summed E-state index contributed by atoms with van der Waals surface area (Å²) < 4.78 is 0.725. The van der Waals surface area contributed by atoms with Crippen LogP contribution in [0.5, 0.6) is 0 Å². The van der Waals surface area contributed by atoms with Crippen LogP contribution in [0.3, 0.4) is 0 Å². The summed E-state index contributed by atoms with van der Waals surface area (Å²) in [6, 6.07) is 1.93. The second kappa shape index (κ2) is 2.64. The van der Waals surface area contributed by atoms with E-state index in [0.29, 0.717) is 0 Å². The molecule has 1 N–H and O–H groups in total.